The number of aromatic hydroxyl groups is 3. The zero-order valence-electron chi connectivity index (χ0n) is 10.7. The van der Waals surface area contributed by atoms with Crippen molar-refractivity contribution in [2.45, 2.75) is 20.8 Å². The Morgan fingerprint density at radius 3 is 1.72 bits per heavy atom. The average molecular weight is 244 g/mol. The Balaban J connectivity index is 2.73. The number of hydrogen-bond donors (Lipinski definition) is 3. The highest BCUT2D eigenvalue weighted by Crippen LogP contribution is 2.40. The molecular formula is C15H16O3. The normalized spacial score (nSPS) is 10.6. The van der Waals surface area contributed by atoms with Crippen LogP contribution in [0.3, 0.4) is 0 Å². The summed E-state index contributed by atoms with van der Waals surface area (Å²) in [6.07, 6.45) is 0. The van der Waals surface area contributed by atoms with Crippen LogP contribution in [0.2, 0.25) is 0 Å². The molecule has 0 aliphatic heterocycles. The lowest BCUT2D eigenvalue weighted by molar-refractivity contribution is 0.397. The van der Waals surface area contributed by atoms with E-state index in [9.17, 15) is 15.3 Å². The molecule has 0 spiro atoms. The Labute approximate surface area is 106 Å². The third-order valence-electron chi connectivity index (χ3n) is 3.04. The van der Waals surface area contributed by atoms with E-state index < -0.39 is 0 Å². The number of rotatable bonds is 1. The molecule has 0 heterocycles. The molecule has 2 aromatic rings. The largest absolute Gasteiger partial charge is 0.507 e. The van der Waals surface area contributed by atoms with Crippen LogP contribution in [-0.2, 0) is 0 Å². The summed E-state index contributed by atoms with van der Waals surface area (Å²) in [6.45, 7) is 5.93. The minimum atomic E-state index is -0.321. The van der Waals surface area contributed by atoms with Crippen LogP contribution in [0, 0.1) is 20.8 Å². The number of phenolic OH excluding ortho intramolecular Hbond substituents is 3. The zero-order chi connectivity index (χ0) is 13.4. The zero-order valence-corrected chi connectivity index (χ0v) is 10.7. The fourth-order valence-electron chi connectivity index (χ4n) is 2.37. The molecular weight excluding hydrogens is 228 g/mol. The van der Waals surface area contributed by atoms with Gasteiger partial charge in [0.05, 0.1) is 0 Å². The van der Waals surface area contributed by atoms with E-state index >= 15 is 0 Å². The van der Waals surface area contributed by atoms with Crippen LogP contribution in [0.15, 0.2) is 24.3 Å². The lowest BCUT2D eigenvalue weighted by atomic mass is 9.93. The van der Waals surface area contributed by atoms with Crippen molar-refractivity contribution in [2.24, 2.45) is 0 Å². The molecule has 3 nitrogen and oxygen atoms in total. The van der Waals surface area contributed by atoms with Gasteiger partial charge in [0.25, 0.3) is 0 Å². The van der Waals surface area contributed by atoms with Crippen molar-refractivity contribution in [1.82, 2.24) is 0 Å². The highest BCUT2D eigenvalue weighted by atomic mass is 16.3. The van der Waals surface area contributed by atoms with Gasteiger partial charge in [-0.2, -0.15) is 0 Å². The number of phenols is 3. The predicted octanol–water partition coefficient (Wildman–Crippen LogP) is 3.40. The van der Waals surface area contributed by atoms with E-state index in [4.69, 9.17) is 0 Å². The van der Waals surface area contributed by atoms with E-state index in [0.717, 1.165) is 28.3 Å². The number of benzene rings is 2. The van der Waals surface area contributed by atoms with Gasteiger partial charge in [-0.25, -0.2) is 0 Å². The van der Waals surface area contributed by atoms with Gasteiger partial charge in [0.2, 0.25) is 0 Å². The molecule has 2 aromatic carbocycles. The van der Waals surface area contributed by atoms with E-state index in [2.05, 4.69) is 0 Å². The fraction of sp³-hybridized carbons (Fsp3) is 0.200. The van der Waals surface area contributed by atoms with Gasteiger partial charge in [0.15, 0.2) is 11.5 Å². The van der Waals surface area contributed by atoms with Crippen LogP contribution < -0.4 is 0 Å². The minimum Gasteiger partial charge on any atom is -0.507 e. The molecule has 0 bridgehead atoms. The molecule has 0 aliphatic rings. The Morgan fingerprint density at radius 2 is 1.17 bits per heavy atom. The summed E-state index contributed by atoms with van der Waals surface area (Å²) in [5, 5.41) is 28.8. The van der Waals surface area contributed by atoms with Gasteiger partial charge in [-0.3, -0.25) is 0 Å². The van der Waals surface area contributed by atoms with Crippen molar-refractivity contribution in [3.8, 4) is 28.4 Å². The summed E-state index contributed by atoms with van der Waals surface area (Å²) in [7, 11) is 0. The Morgan fingerprint density at radius 1 is 0.667 bits per heavy atom. The van der Waals surface area contributed by atoms with Crippen LogP contribution in [-0.4, -0.2) is 15.3 Å². The highest BCUT2D eigenvalue weighted by molar-refractivity contribution is 5.78. The van der Waals surface area contributed by atoms with Crippen molar-refractivity contribution in [2.75, 3.05) is 0 Å². The smallest absolute Gasteiger partial charge is 0.161 e. The molecule has 0 atom stereocenters. The summed E-state index contributed by atoms with van der Waals surface area (Å²) >= 11 is 0. The van der Waals surface area contributed by atoms with E-state index in [1.165, 1.54) is 6.07 Å². The summed E-state index contributed by atoms with van der Waals surface area (Å²) < 4.78 is 0. The maximum Gasteiger partial charge on any atom is 0.161 e. The topological polar surface area (TPSA) is 60.7 Å². The lowest BCUT2D eigenvalue weighted by Gasteiger charge is -2.14. The molecule has 0 aromatic heterocycles. The molecule has 0 radical (unpaired) electrons. The SMILES string of the molecule is Cc1cc(C)c(-c2cc(O)c(O)cc2O)c(C)c1. The quantitative estimate of drug-likeness (QED) is 0.532. The van der Waals surface area contributed by atoms with Crippen LogP contribution in [0.25, 0.3) is 11.1 Å². The molecule has 3 heteroatoms. The van der Waals surface area contributed by atoms with Gasteiger partial charge in [-0.1, -0.05) is 17.7 Å². The molecule has 94 valence electrons. The minimum absolute atomic E-state index is 0.0413. The molecule has 0 amide bonds. The maximum absolute atomic E-state index is 9.92. The Hall–Kier alpha value is -2.16. The van der Waals surface area contributed by atoms with Crippen molar-refractivity contribution < 1.29 is 15.3 Å². The van der Waals surface area contributed by atoms with E-state index in [1.807, 2.05) is 32.9 Å². The van der Waals surface area contributed by atoms with E-state index in [-0.39, 0.29) is 17.2 Å². The van der Waals surface area contributed by atoms with Gasteiger partial charge >= 0.3 is 0 Å². The first kappa shape index (κ1) is 12.3. The summed E-state index contributed by atoms with van der Waals surface area (Å²) in [4.78, 5) is 0. The highest BCUT2D eigenvalue weighted by Gasteiger charge is 2.14. The summed E-state index contributed by atoms with van der Waals surface area (Å²) in [5.41, 5.74) is 4.60. The molecule has 0 saturated heterocycles. The molecule has 18 heavy (non-hydrogen) atoms. The molecule has 0 fully saturated rings. The fourth-order valence-corrected chi connectivity index (χ4v) is 2.37. The van der Waals surface area contributed by atoms with Gasteiger partial charge < -0.3 is 15.3 Å². The van der Waals surface area contributed by atoms with Crippen LogP contribution in [0.4, 0.5) is 0 Å². The average Bonchev–Trinajstić information content (AvgIpc) is 2.24. The van der Waals surface area contributed by atoms with Crippen molar-refractivity contribution in [3.63, 3.8) is 0 Å². The Bertz CT molecular complexity index is 592. The predicted molar refractivity (Wildman–Crippen MR) is 71.1 cm³/mol. The van der Waals surface area contributed by atoms with Gasteiger partial charge in [-0.15, -0.1) is 0 Å². The van der Waals surface area contributed by atoms with Crippen molar-refractivity contribution in [3.05, 3.63) is 41.0 Å². The second kappa shape index (κ2) is 4.26. The Kier molecular flexibility index (Phi) is 2.91. The van der Waals surface area contributed by atoms with E-state index in [0.29, 0.717) is 5.56 Å². The van der Waals surface area contributed by atoms with Crippen molar-refractivity contribution >= 4 is 0 Å². The molecule has 3 N–H and O–H groups in total. The monoisotopic (exact) mass is 244 g/mol. The number of hydrogen-bond acceptors (Lipinski definition) is 3. The van der Waals surface area contributed by atoms with Crippen LogP contribution in [0.5, 0.6) is 17.2 Å². The molecule has 0 unspecified atom stereocenters. The molecule has 0 aliphatic carbocycles. The standard InChI is InChI=1S/C15H16O3/c1-8-4-9(2)15(10(3)5-8)11-6-13(17)14(18)7-12(11)16/h4-7,16-18H,1-3H3. The van der Waals surface area contributed by atoms with Gasteiger partial charge in [0, 0.05) is 11.6 Å². The van der Waals surface area contributed by atoms with Crippen LogP contribution in [0.1, 0.15) is 16.7 Å². The number of aryl methyl sites for hydroxylation is 3. The van der Waals surface area contributed by atoms with Crippen molar-refractivity contribution in [1.29, 1.82) is 0 Å². The summed E-state index contributed by atoms with van der Waals surface area (Å²) in [6, 6.07) is 6.58. The third-order valence-corrected chi connectivity index (χ3v) is 3.04. The first-order chi connectivity index (χ1) is 8.40. The first-order valence-electron chi connectivity index (χ1n) is 5.73. The molecule has 0 saturated carbocycles. The maximum atomic E-state index is 9.92. The first-order valence-corrected chi connectivity index (χ1v) is 5.73. The second-order valence-corrected chi connectivity index (χ2v) is 4.63. The lowest BCUT2D eigenvalue weighted by Crippen LogP contribution is -1.90. The van der Waals surface area contributed by atoms with Gasteiger partial charge in [-0.05, 0) is 43.5 Å². The van der Waals surface area contributed by atoms with Gasteiger partial charge in [0.1, 0.15) is 5.75 Å². The molecule has 2 rings (SSSR count). The van der Waals surface area contributed by atoms with E-state index in [1.54, 1.807) is 0 Å². The van der Waals surface area contributed by atoms with Crippen LogP contribution >= 0.6 is 0 Å². The second-order valence-electron chi connectivity index (χ2n) is 4.63. The third kappa shape index (κ3) is 1.99. The summed E-state index contributed by atoms with van der Waals surface area (Å²) in [5.74, 6) is -0.596.